The number of hydrogen-bond donors (Lipinski definition) is 0. The molecule has 0 heterocycles. The highest BCUT2D eigenvalue weighted by atomic mass is 16.5. The van der Waals surface area contributed by atoms with Crippen molar-refractivity contribution in [2.45, 2.75) is 37.7 Å². The van der Waals surface area contributed by atoms with Gasteiger partial charge in [0.05, 0.1) is 6.10 Å². The highest BCUT2D eigenvalue weighted by Crippen LogP contribution is 2.33. The third kappa shape index (κ3) is 2.50. The van der Waals surface area contributed by atoms with Gasteiger partial charge in [-0.1, -0.05) is 24.3 Å². The van der Waals surface area contributed by atoms with Crippen molar-refractivity contribution in [1.82, 2.24) is 0 Å². The fourth-order valence-corrected chi connectivity index (χ4v) is 2.48. The molecule has 0 unspecified atom stereocenters. The smallest absolute Gasteiger partial charge is 0.150 e. The molecular weight excluding hydrogens is 200 g/mol. The van der Waals surface area contributed by atoms with Crippen molar-refractivity contribution in [3.63, 3.8) is 0 Å². The Morgan fingerprint density at radius 1 is 1.12 bits per heavy atom. The van der Waals surface area contributed by atoms with Gasteiger partial charge >= 0.3 is 0 Å². The van der Waals surface area contributed by atoms with Crippen molar-refractivity contribution >= 4 is 6.29 Å². The summed E-state index contributed by atoms with van der Waals surface area (Å²) in [4.78, 5) is 10.6. The molecule has 1 saturated carbocycles. The molecule has 0 radical (unpaired) electrons. The second kappa shape index (κ2) is 5.26. The molecule has 1 aliphatic carbocycles. The van der Waals surface area contributed by atoms with Crippen LogP contribution in [-0.2, 0) is 4.74 Å². The summed E-state index contributed by atoms with van der Waals surface area (Å²) in [6.07, 6.45) is 6.03. The Morgan fingerprint density at radius 3 is 2.25 bits per heavy atom. The molecule has 16 heavy (non-hydrogen) atoms. The van der Waals surface area contributed by atoms with Gasteiger partial charge < -0.3 is 4.74 Å². The van der Waals surface area contributed by atoms with E-state index in [1.807, 2.05) is 12.1 Å². The number of hydrogen-bond acceptors (Lipinski definition) is 2. The first kappa shape index (κ1) is 11.3. The van der Waals surface area contributed by atoms with Crippen LogP contribution in [0.1, 0.15) is 47.5 Å². The molecule has 0 N–H and O–H groups in total. The van der Waals surface area contributed by atoms with Crippen molar-refractivity contribution in [2.24, 2.45) is 0 Å². The van der Waals surface area contributed by atoms with E-state index in [0.29, 0.717) is 12.0 Å². The Kier molecular flexibility index (Phi) is 3.73. The van der Waals surface area contributed by atoms with Crippen molar-refractivity contribution in [3.05, 3.63) is 35.4 Å². The molecule has 2 rings (SSSR count). The number of carbonyl (C=O) groups is 1. The van der Waals surface area contributed by atoms with Gasteiger partial charge in [0.1, 0.15) is 6.29 Å². The van der Waals surface area contributed by atoms with Gasteiger partial charge in [-0.15, -0.1) is 0 Å². The monoisotopic (exact) mass is 218 g/mol. The molecule has 2 heteroatoms. The van der Waals surface area contributed by atoms with Crippen LogP contribution >= 0.6 is 0 Å². The van der Waals surface area contributed by atoms with Crippen LogP contribution in [0.25, 0.3) is 0 Å². The zero-order valence-electron chi connectivity index (χ0n) is 9.69. The van der Waals surface area contributed by atoms with Gasteiger partial charge in [0.25, 0.3) is 0 Å². The van der Waals surface area contributed by atoms with Crippen LogP contribution in [0.4, 0.5) is 0 Å². The van der Waals surface area contributed by atoms with Crippen LogP contribution in [-0.4, -0.2) is 19.5 Å². The number of rotatable bonds is 3. The Bertz CT molecular complexity index is 334. The zero-order chi connectivity index (χ0) is 11.4. The van der Waals surface area contributed by atoms with Gasteiger partial charge in [0.15, 0.2) is 0 Å². The summed E-state index contributed by atoms with van der Waals surface area (Å²) in [5.41, 5.74) is 2.12. The van der Waals surface area contributed by atoms with Gasteiger partial charge in [-0.3, -0.25) is 4.79 Å². The van der Waals surface area contributed by atoms with Crippen LogP contribution < -0.4 is 0 Å². The maximum atomic E-state index is 10.6. The quantitative estimate of drug-likeness (QED) is 0.728. The van der Waals surface area contributed by atoms with Gasteiger partial charge in [-0.2, -0.15) is 0 Å². The third-order valence-corrected chi connectivity index (χ3v) is 3.55. The van der Waals surface area contributed by atoms with Crippen LogP contribution in [0.2, 0.25) is 0 Å². The zero-order valence-corrected chi connectivity index (χ0v) is 9.69. The van der Waals surface area contributed by atoms with Crippen LogP contribution in [0.3, 0.4) is 0 Å². The lowest BCUT2D eigenvalue weighted by atomic mass is 9.82. The molecular formula is C14H18O2. The van der Waals surface area contributed by atoms with Crippen molar-refractivity contribution < 1.29 is 9.53 Å². The lowest BCUT2D eigenvalue weighted by Crippen LogP contribution is -2.19. The van der Waals surface area contributed by atoms with E-state index >= 15 is 0 Å². The van der Waals surface area contributed by atoms with Gasteiger partial charge in [-0.05, 0) is 37.2 Å². The normalized spacial score (nSPS) is 25.3. The first-order valence-corrected chi connectivity index (χ1v) is 5.91. The van der Waals surface area contributed by atoms with E-state index in [-0.39, 0.29) is 0 Å². The molecule has 0 saturated heterocycles. The van der Waals surface area contributed by atoms with E-state index in [2.05, 4.69) is 12.1 Å². The highest BCUT2D eigenvalue weighted by Gasteiger charge is 2.21. The molecule has 0 aliphatic heterocycles. The summed E-state index contributed by atoms with van der Waals surface area (Å²) in [6.45, 7) is 0. The van der Waals surface area contributed by atoms with Crippen molar-refractivity contribution in [2.75, 3.05) is 7.11 Å². The minimum absolute atomic E-state index is 0.450. The molecule has 2 nitrogen and oxygen atoms in total. The predicted molar refractivity (Wildman–Crippen MR) is 63.8 cm³/mol. The Balaban J connectivity index is 1.99. The Hall–Kier alpha value is -1.15. The van der Waals surface area contributed by atoms with E-state index in [1.54, 1.807) is 7.11 Å². The largest absolute Gasteiger partial charge is 0.381 e. The molecule has 1 fully saturated rings. The average Bonchev–Trinajstić information content (AvgIpc) is 2.39. The molecule has 0 bridgehead atoms. The van der Waals surface area contributed by atoms with Crippen molar-refractivity contribution in [1.29, 1.82) is 0 Å². The number of methoxy groups -OCH3 is 1. The summed E-state index contributed by atoms with van der Waals surface area (Å²) in [5.74, 6) is 0.645. The van der Waals surface area contributed by atoms with E-state index < -0.39 is 0 Å². The summed E-state index contributed by atoms with van der Waals surface area (Å²) in [6, 6.07) is 7.98. The number of benzene rings is 1. The predicted octanol–water partition coefficient (Wildman–Crippen LogP) is 3.17. The van der Waals surface area contributed by atoms with E-state index in [0.717, 1.165) is 24.7 Å². The van der Waals surface area contributed by atoms with Crippen LogP contribution in [0.5, 0.6) is 0 Å². The minimum atomic E-state index is 0.450. The summed E-state index contributed by atoms with van der Waals surface area (Å²) in [7, 11) is 1.80. The fraction of sp³-hybridized carbons (Fsp3) is 0.500. The molecule has 1 aromatic rings. The summed E-state index contributed by atoms with van der Waals surface area (Å²) in [5, 5.41) is 0. The summed E-state index contributed by atoms with van der Waals surface area (Å²) < 4.78 is 5.37. The SMILES string of the molecule is COC1CCC(c2ccc(C=O)cc2)CC1. The van der Waals surface area contributed by atoms with Crippen molar-refractivity contribution in [3.8, 4) is 0 Å². The molecule has 0 aromatic heterocycles. The number of aldehydes is 1. The van der Waals surface area contributed by atoms with Crippen LogP contribution in [0.15, 0.2) is 24.3 Å². The molecule has 0 amide bonds. The van der Waals surface area contributed by atoms with Crippen LogP contribution in [0, 0.1) is 0 Å². The summed E-state index contributed by atoms with van der Waals surface area (Å²) >= 11 is 0. The molecule has 1 aromatic carbocycles. The second-order valence-corrected chi connectivity index (χ2v) is 4.49. The Labute approximate surface area is 96.6 Å². The maximum Gasteiger partial charge on any atom is 0.150 e. The first-order chi connectivity index (χ1) is 7.83. The molecule has 86 valence electrons. The lowest BCUT2D eigenvalue weighted by molar-refractivity contribution is 0.0659. The topological polar surface area (TPSA) is 26.3 Å². The fourth-order valence-electron chi connectivity index (χ4n) is 2.48. The standard InChI is InChI=1S/C14H18O2/c1-16-14-8-6-13(7-9-14)12-4-2-11(10-15)3-5-12/h2-5,10,13-14H,6-9H2,1H3. The minimum Gasteiger partial charge on any atom is -0.381 e. The number of carbonyl (C=O) groups excluding carboxylic acids is 1. The van der Waals surface area contributed by atoms with Gasteiger partial charge in [0.2, 0.25) is 0 Å². The third-order valence-electron chi connectivity index (χ3n) is 3.55. The van der Waals surface area contributed by atoms with Gasteiger partial charge in [-0.25, -0.2) is 0 Å². The first-order valence-electron chi connectivity index (χ1n) is 5.91. The average molecular weight is 218 g/mol. The van der Waals surface area contributed by atoms with E-state index in [9.17, 15) is 4.79 Å². The second-order valence-electron chi connectivity index (χ2n) is 4.49. The highest BCUT2D eigenvalue weighted by molar-refractivity contribution is 5.74. The van der Waals surface area contributed by atoms with E-state index in [1.165, 1.54) is 18.4 Å². The molecule has 0 atom stereocenters. The Morgan fingerprint density at radius 2 is 1.75 bits per heavy atom. The van der Waals surface area contributed by atoms with Gasteiger partial charge in [0, 0.05) is 12.7 Å². The van der Waals surface area contributed by atoms with E-state index in [4.69, 9.17) is 4.74 Å². The number of ether oxygens (including phenoxy) is 1. The molecule has 0 spiro atoms. The molecule has 1 aliphatic rings. The maximum absolute atomic E-state index is 10.6. The lowest BCUT2D eigenvalue weighted by Gasteiger charge is -2.27.